The molecule has 3 aliphatic rings. The number of aliphatic hydroxyl groups excluding tert-OH is 1. The zero-order chi connectivity index (χ0) is 38.3. The second-order valence-corrected chi connectivity index (χ2v) is 21.8. The third-order valence-corrected chi connectivity index (χ3v) is 17.3. The van der Waals surface area contributed by atoms with Crippen molar-refractivity contribution in [3.8, 4) is 0 Å². The first-order valence-electron chi connectivity index (χ1n) is 19.2. The summed E-state index contributed by atoms with van der Waals surface area (Å²) in [5, 5.41) is 14.2. The minimum Gasteiger partial charge on any atom is -0.407 e. The van der Waals surface area contributed by atoms with Crippen LogP contribution in [0.15, 0.2) is 73.3 Å². The van der Waals surface area contributed by atoms with Crippen LogP contribution in [0.2, 0.25) is 5.04 Å². The molecule has 5 rings (SSSR count). The van der Waals surface area contributed by atoms with Gasteiger partial charge in [-0.05, 0) is 35.7 Å². The van der Waals surface area contributed by atoms with Gasteiger partial charge in [0.1, 0.15) is 11.9 Å². The molecule has 2 aromatic rings. The van der Waals surface area contributed by atoms with E-state index in [9.17, 15) is 9.90 Å². The van der Waals surface area contributed by atoms with Gasteiger partial charge >= 0.3 is 0 Å². The highest BCUT2D eigenvalue weighted by atomic mass is 28.4. The normalized spacial score (nSPS) is 33.2. The first kappa shape index (κ1) is 41.0. The Bertz CT molecular complexity index is 1470. The number of hydrogen-bond acceptors (Lipinski definition) is 8. The Labute approximate surface area is 313 Å². The largest absolute Gasteiger partial charge is 0.407 e. The maximum atomic E-state index is 13.9. The number of Topliss-reactive ketones (excluding diaryl/α,β-unsaturated/α-hetero) is 1. The Morgan fingerprint density at radius 3 is 2.02 bits per heavy atom. The molecule has 52 heavy (non-hydrogen) atoms. The van der Waals surface area contributed by atoms with Crippen molar-refractivity contribution in [2.45, 2.75) is 142 Å². The second kappa shape index (κ2) is 15.5. The van der Waals surface area contributed by atoms with Gasteiger partial charge in [-0.2, -0.15) is 0 Å². The molecule has 0 aliphatic carbocycles. The molecule has 0 bridgehead atoms. The Hall–Kier alpha value is -2.21. The minimum absolute atomic E-state index is 0.0347. The van der Waals surface area contributed by atoms with Crippen molar-refractivity contribution in [2.75, 3.05) is 13.7 Å². The lowest BCUT2D eigenvalue weighted by Crippen LogP contribution is -2.66. The number of carbonyl (C=O) groups excluding carboxylic acids is 1. The molecule has 0 amide bonds. The van der Waals surface area contributed by atoms with Crippen LogP contribution in [-0.2, 0) is 32.9 Å². The van der Waals surface area contributed by atoms with E-state index in [0.717, 1.165) is 0 Å². The van der Waals surface area contributed by atoms with Gasteiger partial charge in [0, 0.05) is 43.3 Å². The van der Waals surface area contributed by atoms with E-state index in [1.165, 1.54) is 10.4 Å². The van der Waals surface area contributed by atoms with Gasteiger partial charge in [0.2, 0.25) is 0 Å². The maximum Gasteiger partial charge on any atom is 0.261 e. The van der Waals surface area contributed by atoms with Crippen LogP contribution in [0.3, 0.4) is 0 Å². The van der Waals surface area contributed by atoms with E-state index in [4.69, 9.17) is 28.1 Å². The molecular formula is C43H64O8Si. The highest BCUT2D eigenvalue weighted by Gasteiger charge is 2.66. The Morgan fingerprint density at radius 2 is 1.50 bits per heavy atom. The van der Waals surface area contributed by atoms with Crippen LogP contribution in [0.5, 0.6) is 0 Å². The summed E-state index contributed by atoms with van der Waals surface area (Å²) in [6, 6.07) is 21.1. The molecule has 0 radical (unpaired) electrons. The fourth-order valence-electron chi connectivity index (χ4n) is 8.91. The molecule has 0 unspecified atom stereocenters. The Kier molecular flexibility index (Phi) is 12.2. The lowest BCUT2D eigenvalue weighted by molar-refractivity contribution is -0.332. The van der Waals surface area contributed by atoms with E-state index in [1.807, 2.05) is 52.8 Å². The number of aliphatic hydroxyl groups is 1. The summed E-state index contributed by atoms with van der Waals surface area (Å²) in [7, 11) is -1.15. The SMILES string of the molecule is C=C[C@@H](C)[C@H]1OC(C)(C)O[C@@H](C[C@H](OC)[C@H]2O[C@@]3(CC(=O)[C@H](C)[C@H](CCO[Si](c4ccccc4)(c4ccccc4)C(C)(C)C)O3)C(C)(C)[C@H]2O)[C@@H]1C. The van der Waals surface area contributed by atoms with Crippen LogP contribution in [0.25, 0.3) is 0 Å². The van der Waals surface area contributed by atoms with Gasteiger partial charge in [0.25, 0.3) is 8.32 Å². The molecule has 1 N–H and O–H groups in total. The van der Waals surface area contributed by atoms with Gasteiger partial charge in [-0.25, -0.2) is 0 Å². The van der Waals surface area contributed by atoms with Crippen molar-refractivity contribution in [2.24, 2.45) is 23.2 Å². The highest BCUT2D eigenvalue weighted by Crippen LogP contribution is 2.54. The number of ether oxygens (including phenoxy) is 5. The molecule has 3 saturated heterocycles. The van der Waals surface area contributed by atoms with Crippen LogP contribution >= 0.6 is 0 Å². The van der Waals surface area contributed by atoms with E-state index in [2.05, 4.69) is 89.7 Å². The second-order valence-electron chi connectivity index (χ2n) is 17.5. The van der Waals surface area contributed by atoms with E-state index in [-0.39, 0.29) is 47.2 Å². The fourth-order valence-corrected chi connectivity index (χ4v) is 13.5. The van der Waals surface area contributed by atoms with Crippen molar-refractivity contribution in [1.82, 2.24) is 0 Å². The zero-order valence-electron chi connectivity index (χ0n) is 33.4. The summed E-state index contributed by atoms with van der Waals surface area (Å²) in [4.78, 5) is 13.9. The molecule has 0 aromatic heterocycles. The molecule has 2 aromatic carbocycles. The van der Waals surface area contributed by atoms with Crippen LogP contribution in [0, 0.1) is 23.2 Å². The number of benzene rings is 2. The lowest BCUT2D eigenvalue weighted by atomic mass is 9.73. The summed E-state index contributed by atoms with van der Waals surface area (Å²) < 4.78 is 39.9. The van der Waals surface area contributed by atoms with Crippen LogP contribution in [-0.4, -0.2) is 81.1 Å². The van der Waals surface area contributed by atoms with Crippen LogP contribution < -0.4 is 10.4 Å². The van der Waals surface area contributed by atoms with Gasteiger partial charge in [-0.3, -0.25) is 4.79 Å². The maximum absolute atomic E-state index is 13.9. The molecule has 8 nitrogen and oxygen atoms in total. The van der Waals surface area contributed by atoms with E-state index in [1.54, 1.807) is 7.11 Å². The number of rotatable bonds is 12. The van der Waals surface area contributed by atoms with Crippen molar-refractivity contribution < 1.29 is 38.0 Å². The van der Waals surface area contributed by atoms with Crippen molar-refractivity contribution in [3.63, 3.8) is 0 Å². The topological polar surface area (TPSA) is 92.7 Å². The molecule has 3 heterocycles. The number of methoxy groups -OCH3 is 1. The number of carbonyl (C=O) groups is 1. The first-order chi connectivity index (χ1) is 24.3. The van der Waals surface area contributed by atoms with Crippen LogP contribution in [0.1, 0.15) is 88.5 Å². The Balaban J connectivity index is 1.38. The molecular weight excluding hydrogens is 673 g/mol. The summed E-state index contributed by atoms with van der Waals surface area (Å²) in [5.74, 6) is -2.27. The third kappa shape index (κ3) is 7.54. The highest BCUT2D eigenvalue weighted by molar-refractivity contribution is 6.99. The molecule has 9 heteroatoms. The van der Waals surface area contributed by atoms with Gasteiger partial charge < -0.3 is 33.2 Å². The molecule has 1 spiro atoms. The monoisotopic (exact) mass is 736 g/mol. The predicted octanol–water partition coefficient (Wildman–Crippen LogP) is 6.81. The lowest BCUT2D eigenvalue weighted by Gasteiger charge is -2.48. The standard InChI is InChI=1S/C43H64O8Si/c1-13-28(2)37-30(4)35(48-42(10,11)50-37)26-36(46-12)38-39(45)41(8,9)43(51-38)27-33(44)29(3)34(49-43)24-25-47-52(40(5,6)7,31-20-16-14-17-21-31)32-22-18-15-19-23-32/h13-23,28-30,34-39,45H,1,24-27H2,2-12H3/t28-,29+,30+,34+,35+,36+,37-,38-,39+,43+/m1/s1. The third-order valence-electron chi connectivity index (χ3n) is 12.3. The molecule has 3 aliphatic heterocycles. The fraction of sp³-hybridized carbons (Fsp3) is 0.651. The van der Waals surface area contributed by atoms with Gasteiger partial charge in [-0.1, -0.05) is 122 Å². The average molecular weight is 737 g/mol. The van der Waals surface area contributed by atoms with E-state index < -0.39 is 49.7 Å². The number of hydrogen-bond donors (Lipinski definition) is 1. The van der Waals surface area contributed by atoms with Crippen molar-refractivity contribution >= 4 is 24.5 Å². The van der Waals surface area contributed by atoms with E-state index in [0.29, 0.717) is 19.4 Å². The average Bonchev–Trinajstić information content (AvgIpc) is 3.28. The van der Waals surface area contributed by atoms with Gasteiger partial charge in [0.05, 0.1) is 36.9 Å². The van der Waals surface area contributed by atoms with Crippen molar-refractivity contribution in [1.29, 1.82) is 0 Å². The molecule has 288 valence electrons. The first-order valence-corrected chi connectivity index (χ1v) is 21.1. The summed E-state index contributed by atoms with van der Waals surface area (Å²) in [6.45, 7) is 25.0. The summed E-state index contributed by atoms with van der Waals surface area (Å²) in [6.07, 6.45) is -0.0737. The molecule has 3 fully saturated rings. The number of ketones is 1. The van der Waals surface area contributed by atoms with Crippen molar-refractivity contribution in [3.05, 3.63) is 73.3 Å². The molecule has 0 saturated carbocycles. The van der Waals surface area contributed by atoms with Gasteiger partial charge in [-0.15, -0.1) is 6.58 Å². The summed E-state index contributed by atoms with van der Waals surface area (Å²) in [5.41, 5.74) is -0.914. The predicted molar refractivity (Wildman–Crippen MR) is 207 cm³/mol. The van der Waals surface area contributed by atoms with Gasteiger partial charge in [0.15, 0.2) is 11.6 Å². The van der Waals surface area contributed by atoms with E-state index >= 15 is 0 Å². The Morgan fingerprint density at radius 1 is 0.923 bits per heavy atom. The smallest absolute Gasteiger partial charge is 0.261 e. The summed E-state index contributed by atoms with van der Waals surface area (Å²) >= 11 is 0. The van der Waals surface area contributed by atoms with Crippen LogP contribution in [0.4, 0.5) is 0 Å². The zero-order valence-corrected chi connectivity index (χ0v) is 34.4. The minimum atomic E-state index is -2.79. The molecule has 10 atom stereocenters. The quantitative estimate of drug-likeness (QED) is 0.188.